The lowest BCUT2D eigenvalue weighted by atomic mass is 10.1. The summed E-state index contributed by atoms with van der Waals surface area (Å²) in [4.78, 5) is 3.10. The van der Waals surface area contributed by atoms with Crippen LogP contribution in [0.5, 0.6) is 0 Å². The van der Waals surface area contributed by atoms with Crippen molar-refractivity contribution in [1.29, 1.82) is 5.26 Å². The van der Waals surface area contributed by atoms with Crippen LogP contribution in [0, 0.1) is 11.3 Å². The maximum Gasteiger partial charge on any atom is 0.103 e. The van der Waals surface area contributed by atoms with Gasteiger partial charge in [0.25, 0.3) is 0 Å². The third-order valence-electron chi connectivity index (χ3n) is 2.78. The number of methoxy groups -OCH3 is 1. The maximum atomic E-state index is 9.27. The standard InChI is InChI=1S/C13H18N2OS/c1-10(9-16-3)15(2)12-6-5-7-13(17-4)11(12)8-14/h5-7,10H,9H2,1-4H3. The predicted molar refractivity (Wildman–Crippen MR) is 72.7 cm³/mol. The molecule has 0 amide bonds. The Kier molecular flexibility index (Phi) is 5.33. The van der Waals surface area contributed by atoms with E-state index in [1.807, 2.05) is 31.5 Å². The van der Waals surface area contributed by atoms with E-state index in [0.29, 0.717) is 6.61 Å². The molecule has 0 saturated heterocycles. The number of hydrogen-bond acceptors (Lipinski definition) is 4. The van der Waals surface area contributed by atoms with E-state index >= 15 is 0 Å². The van der Waals surface area contributed by atoms with E-state index in [1.54, 1.807) is 18.9 Å². The highest BCUT2D eigenvalue weighted by Crippen LogP contribution is 2.29. The van der Waals surface area contributed by atoms with Gasteiger partial charge in [-0.25, -0.2) is 0 Å². The summed E-state index contributed by atoms with van der Waals surface area (Å²) >= 11 is 1.60. The molecule has 1 atom stereocenters. The maximum absolute atomic E-state index is 9.27. The summed E-state index contributed by atoms with van der Waals surface area (Å²) in [7, 11) is 3.68. The molecule has 1 rings (SSSR count). The Morgan fingerprint density at radius 2 is 2.24 bits per heavy atom. The van der Waals surface area contributed by atoms with E-state index in [0.717, 1.165) is 16.1 Å². The summed E-state index contributed by atoms with van der Waals surface area (Å²) in [6.45, 7) is 2.72. The van der Waals surface area contributed by atoms with E-state index in [9.17, 15) is 5.26 Å². The molecule has 0 aromatic heterocycles. The number of likely N-dealkylation sites (N-methyl/N-ethyl adjacent to an activating group) is 1. The Morgan fingerprint density at radius 3 is 2.76 bits per heavy atom. The van der Waals surface area contributed by atoms with Crippen molar-refractivity contribution < 1.29 is 4.74 Å². The second kappa shape index (κ2) is 6.53. The van der Waals surface area contributed by atoms with Gasteiger partial charge < -0.3 is 9.64 Å². The summed E-state index contributed by atoms with van der Waals surface area (Å²) in [5.74, 6) is 0. The van der Waals surface area contributed by atoms with Crippen LogP contribution in [-0.2, 0) is 4.74 Å². The van der Waals surface area contributed by atoms with Crippen molar-refractivity contribution in [3.8, 4) is 6.07 Å². The van der Waals surface area contributed by atoms with E-state index in [4.69, 9.17) is 4.74 Å². The van der Waals surface area contributed by atoms with Gasteiger partial charge in [0.05, 0.1) is 17.9 Å². The van der Waals surface area contributed by atoms with Gasteiger partial charge in [-0.2, -0.15) is 5.26 Å². The molecule has 0 bridgehead atoms. The van der Waals surface area contributed by atoms with Gasteiger partial charge in [0, 0.05) is 25.1 Å². The number of benzene rings is 1. The molecule has 0 fully saturated rings. The highest BCUT2D eigenvalue weighted by atomic mass is 32.2. The molecule has 1 aromatic rings. The third-order valence-corrected chi connectivity index (χ3v) is 3.57. The highest BCUT2D eigenvalue weighted by molar-refractivity contribution is 7.98. The van der Waals surface area contributed by atoms with Crippen LogP contribution in [0.3, 0.4) is 0 Å². The fraction of sp³-hybridized carbons (Fsp3) is 0.462. The van der Waals surface area contributed by atoms with Crippen LogP contribution < -0.4 is 4.90 Å². The number of nitriles is 1. The SMILES string of the molecule is COCC(C)N(C)c1cccc(SC)c1C#N. The van der Waals surface area contributed by atoms with Crippen LogP contribution in [0.25, 0.3) is 0 Å². The first kappa shape index (κ1) is 13.9. The van der Waals surface area contributed by atoms with Crippen LogP contribution in [0.15, 0.2) is 23.1 Å². The minimum Gasteiger partial charge on any atom is -0.383 e. The highest BCUT2D eigenvalue weighted by Gasteiger charge is 2.15. The number of hydrogen-bond donors (Lipinski definition) is 0. The summed E-state index contributed by atoms with van der Waals surface area (Å²) in [5, 5.41) is 9.27. The predicted octanol–water partition coefficient (Wildman–Crippen LogP) is 2.75. The van der Waals surface area contributed by atoms with Gasteiger partial charge >= 0.3 is 0 Å². The van der Waals surface area contributed by atoms with E-state index in [2.05, 4.69) is 17.9 Å². The third kappa shape index (κ3) is 3.15. The Hall–Kier alpha value is -1.18. The van der Waals surface area contributed by atoms with Crippen LogP contribution in [-0.4, -0.2) is 33.1 Å². The van der Waals surface area contributed by atoms with Crippen LogP contribution in [0.2, 0.25) is 0 Å². The van der Waals surface area contributed by atoms with Gasteiger partial charge in [-0.1, -0.05) is 6.07 Å². The number of thioether (sulfide) groups is 1. The smallest absolute Gasteiger partial charge is 0.103 e. The molecule has 3 nitrogen and oxygen atoms in total. The van der Waals surface area contributed by atoms with Crippen molar-refractivity contribution >= 4 is 17.4 Å². The largest absolute Gasteiger partial charge is 0.383 e. The fourth-order valence-electron chi connectivity index (χ4n) is 1.69. The molecule has 0 aliphatic rings. The van der Waals surface area contributed by atoms with Crippen LogP contribution in [0.4, 0.5) is 5.69 Å². The van der Waals surface area contributed by atoms with Crippen molar-refractivity contribution in [2.45, 2.75) is 17.9 Å². The van der Waals surface area contributed by atoms with Gasteiger partial charge in [-0.15, -0.1) is 11.8 Å². The molecule has 0 N–H and O–H groups in total. The molecule has 0 heterocycles. The van der Waals surface area contributed by atoms with Gasteiger partial charge in [0.15, 0.2) is 0 Å². The molecule has 0 radical (unpaired) electrons. The normalized spacial score (nSPS) is 11.9. The lowest BCUT2D eigenvalue weighted by molar-refractivity contribution is 0.183. The lowest BCUT2D eigenvalue weighted by Crippen LogP contribution is -2.33. The Morgan fingerprint density at radius 1 is 1.53 bits per heavy atom. The average Bonchev–Trinajstić information content (AvgIpc) is 2.36. The van der Waals surface area contributed by atoms with Crippen molar-refractivity contribution in [1.82, 2.24) is 0 Å². The summed E-state index contributed by atoms with van der Waals surface area (Å²) < 4.78 is 5.15. The van der Waals surface area contributed by atoms with Crippen LogP contribution in [0.1, 0.15) is 12.5 Å². The molecule has 1 aromatic carbocycles. The first-order valence-corrected chi connectivity index (χ1v) is 6.67. The molecule has 0 saturated carbocycles. The number of nitrogens with zero attached hydrogens (tertiary/aromatic N) is 2. The van der Waals surface area contributed by atoms with Gasteiger partial charge in [-0.05, 0) is 25.3 Å². The lowest BCUT2D eigenvalue weighted by Gasteiger charge is -2.27. The second-order valence-corrected chi connectivity index (χ2v) is 4.73. The zero-order chi connectivity index (χ0) is 12.8. The first-order valence-electron chi connectivity index (χ1n) is 5.44. The summed E-state index contributed by atoms with van der Waals surface area (Å²) in [6.07, 6.45) is 1.98. The molecule has 0 spiro atoms. The quantitative estimate of drug-likeness (QED) is 0.753. The molecule has 17 heavy (non-hydrogen) atoms. The molecule has 1 unspecified atom stereocenters. The van der Waals surface area contributed by atoms with E-state index in [-0.39, 0.29) is 6.04 Å². The Labute approximate surface area is 107 Å². The first-order chi connectivity index (χ1) is 8.15. The Balaban J connectivity index is 3.09. The summed E-state index contributed by atoms with van der Waals surface area (Å²) in [5.41, 5.74) is 1.70. The molecular weight excluding hydrogens is 232 g/mol. The minimum atomic E-state index is 0.240. The molecule has 4 heteroatoms. The number of ether oxygens (including phenoxy) is 1. The molecule has 0 aliphatic heterocycles. The van der Waals surface area contributed by atoms with Gasteiger partial charge in [0.2, 0.25) is 0 Å². The average molecular weight is 250 g/mol. The van der Waals surface area contributed by atoms with E-state index in [1.165, 1.54) is 0 Å². The summed E-state index contributed by atoms with van der Waals surface area (Å²) in [6, 6.07) is 8.46. The molecule has 92 valence electrons. The van der Waals surface area contributed by atoms with Crippen molar-refractivity contribution in [2.24, 2.45) is 0 Å². The van der Waals surface area contributed by atoms with Crippen LogP contribution >= 0.6 is 11.8 Å². The zero-order valence-corrected chi connectivity index (χ0v) is 11.5. The van der Waals surface area contributed by atoms with Gasteiger partial charge in [-0.3, -0.25) is 0 Å². The van der Waals surface area contributed by atoms with Gasteiger partial charge in [0.1, 0.15) is 6.07 Å². The van der Waals surface area contributed by atoms with Crippen molar-refractivity contribution in [3.05, 3.63) is 23.8 Å². The zero-order valence-electron chi connectivity index (χ0n) is 10.7. The molecular formula is C13H18N2OS. The second-order valence-electron chi connectivity index (χ2n) is 3.88. The van der Waals surface area contributed by atoms with E-state index < -0.39 is 0 Å². The minimum absolute atomic E-state index is 0.240. The van der Waals surface area contributed by atoms with Crippen molar-refractivity contribution in [2.75, 3.05) is 31.9 Å². The van der Waals surface area contributed by atoms with Crippen molar-refractivity contribution in [3.63, 3.8) is 0 Å². The monoisotopic (exact) mass is 250 g/mol. The number of anilines is 1. The fourth-order valence-corrected chi connectivity index (χ4v) is 2.26. The molecule has 0 aliphatic carbocycles. The number of rotatable bonds is 5. The topological polar surface area (TPSA) is 36.3 Å². The Bertz CT molecular complexity index is 414.